The number of amides is 1. The Morgan fingerprint density at radius 3 is 2.43 bits per heavy atom. The van der Waals surface area contributed by atoms with Gasteiger partial charge in [-0.3, -0.25) is 9.52 Å². The van der Waals surface area contributed by atoms with E-state index in [0.717, 1.165) is 12.8 Å². The van der Waals surface area contributed by atoms with Crippen molar-refractivity contribution >= 4 is 37.3 Å². The number of hydrogen-bond acceptors (Lipinski definition) is 5. The Morgan fingerprint density at radius 1 is 1.07 bits per heavy atom. The zero-order valence-corrected chi connectivity index (χ0v) is 18.4. The van der Waals surface area contributed by atoms with Gasteiger partial charge in [0, 0.05) is 17.8 Å². The predicted molar refractivity (Wildman–Crippen MR) is 117 cm³/mol. The molecule has 1 fully saturated rings. The van der Waals surface area contributed by atoms with E-state index in [1.807, 2.05) is 0 Å². The molecule has 162 valence electrons. The van der Waals surface area contributed by atoms with E-state index in [-0.39, 0.29) is 16.2 Å². The lowest BCUT2D eigenvalue weighted by atomic mass is 10.1. The van der Waals surface area contributed by atoms with Crippen LogP contribution in [0, 0.1) is 12.8 Å². The standard InChI is InChI=1S/C20H25N3O5S2/c1-3-29(25,26)23-19-10-9-17(11-14(19)2)22-20(24)16-5-4-6-18(12-16)30(27,28)21-13-15-7-8-15/h4-6,9-12,15,21,23H,3,7-8,13H2,1-2H3,(H,22,24). The van der Waals surface area contributed by atoms with Gasteiger partial charge in [0.25, 0.3) is 5.91 Å². The highest BCUT2D eigenvalue weighted by Gasteiger charge is 2.24. The quantitative estimate of drug-likeness (QED) is 0.541. The Balaban J connectivity index is 1.72. The molecule has 0 aromatic heterocycles. The largest absolute Gasteiger partial charge is 0.322 e. The monoisotopic (exact) mass is 451 g/mol. The zero-order valence-electron chi connectivity index (χ0n) is 16.8. The summed E-state index contributed by atoms with van der Waals surface area (Å²) in [4.78, 5) is 12.6. The third-order valence-corrected chi connectivity index (χ3v) is 7.51. The van der Waals surface area contributed by atoms with Crippen LogP contribution < -0.4 is 14.8 Å². The summed E-state index contributed by atoms with van der Waals surface area (Å²) in [5.41, 5.74) is 1.75. The van der Waals surface area contributed by atoms with Crippen LogP contribution in [0.1, 0.15) is 35.7 Å². The molecular formula is C20H25N3O5S2. The van der Waals surface area contributed by atoms with Gasteiger partial charge in [-0.15, -0.1) is 0 Å². The van der Waals surface area contributed by atoms with Crippen molar-refractivity contribution in [2.45, 2.75) is 31.6 Å². The van der Waals surface area contributed by atoms with Crippen LogP contribution in [-0.2, 0) is 20.0 Å². The third kappa shape index (κ3) is 5.80. The zero-order chi connectivity index (χ0) is 21.9. The number of benzene rings is 2. The molecule has 0 spiro atoms. The lowest BCUT2D eigenvalue weighted by Crippen LogP contribution is -2.26. The van der Waals surface area contributed by atoms with Crippen LogP contribution in [0.5, 0.6) is 0 Å². The predicted octanol–water partition coefficient (Wildman–Crippen LogP) is 2.70. The van der Waals surface area contributed by atoms with Crippen molar-refractivity contribution in [1.82, 2.24) is 4.72 Å². The Labute approximate surface area is 177 Å². The molecule has 30 heavy (non-hydrogen) atoms. The molecule has 1 saturated carbocycles. The Morgan fingerprint density at radius 2 is 1.80 bits per heavy atom. The van der Waals surface area contributed by atoms with E-state index in [1.54, 1.807) is 32.0 Å². The van der Waals surface area contributed by atoms with Crippen LogP contribution in [0.4, 0.5) is 11.4 Å². The molecule has 1 aliphatic carbocycles. The minimum Gasteiger partial charge on any atom is -0.322 e. The van der Waals surface area contributed by atoms with Crippen molar-refractivity contribution in [2.75, 3.05) is 22.3 Å². The number of sulfonamides is 2. The van der Waals surface area contributed by atoms with Crippen molar-refractivity contribution in [2.24, 2.45) is 5.92 Å². The number of anilines is 2. The highest BCUT2D eigenvalue weighted by atomic mass is 32.2. The average molecular weight is 452 g/mol. The fraction of sp³-hybridized carbons (Fsp3) is 0.350. The van der Waals surface area contributed by atoms with Crippen LogP contribution in [0.25, 0.3) is 0 Å². The summed E-state index contributed by atoms with van der Waals surface area (Å²) in [6, 6.07) is 10.6. The first kappa shape index (κ1) is 22.3. The maximum Gasteiger partial charge on any atom is 0.255 e. The lowest BCUT2D eigenvalue weighted by Gasteiger charge is -2.12. The maximum absolute atomic E-state index is 12.6. The topological polar surface area (TPSA) is 121 Å². The number of carbonyl (C=O) groups is 1. The molecule has 0 saturated heterocycles. The molecule has 0 radical (unpaired) electrons. The van der Waals surface area contributed by atoms with Gasteiger partial charge >= 0.3 is 0 Å². The summed E-state index contributed by atoms with van der Waals surface area (Å²) >= 11 is 0. The molecule has 0 aliphatic heterocycles. The lowest BCUT2D eigenvalue weighted by molar-refractivity contribution is 0.102. The van der Waals surface area contributed by atoms with Crippen LogP contribution in [0.15, 0.2) is 47.4 Å². The number of aryl methyl sites for hydroxylation is 1. The molecule has 10 heteroatoms. The molecule has 1 aliphatic rings. The molecule has 0 bridgehead atoms. The van der Waals surface area contributed by atoms with E-state index in [9.17, 15) is 21.6 Å². The Kier molecular flexibility index (Phi) is 6.49. The van der Waals surface area contributed by atoms with Crippen LogP contribution >= 0.6 is 0 Å². The highest BCUT2D eigenvalue weighted by molar-refractivity contribution is 7.92. The van der Waals surface area contributed by atoms with E-state index in [1.165, 1.54) is 24.3 Å². The highest BCUT2D eigenvalue weighted by Crippen LogP contribution is 2.28. The molecule has 2 aromatic carbocycles. The van der Waals surface area contributed by atoms with Gasteiger partial charge in [-0.25, -0.2) is 21.6 Å². The SMILES string of the molecule is CCS(=O)(=O)Nc1ccc(NC(=O)c2cccc(S(=O)(=O)NCC3CC3)c2)cc1C. The molecule has 1 amide bonds. The fourth-order valence-electron chi connectivity index (χ4n) is 2.74. The molecule has 8 nitrogen and oxygen atoms in total. The second-order valence-corrected chi connectivity index (χ2v) is 11.1. The summed E-state index contributed by atoms with van der Waals surface area (Å²) in [7, 11) is -7.07. The average Bonchev–Trinajstić information content (AvgIpc) is 3.53. The summed E-state index contributed by atoms with van der Waals surface area (Å²) in [6.45, 7) is 3.68. The molecule has 0 heterocycles. The summed E-state index contributed by atoms with van der Waals surface area (Å²) in [6.07, 6.45) is 2.06. The number of hydrogen-bond donors (Lipinski definition) is 3. The van der Waals surface area contributed by atoms with Gasteiger partial charge in [-0.05, 0) is 74.6 Å². The van der Waals surface area contributed by atoms with Gasteiger partial charge in [0.1, 0.15) is 0 Å². The van der Waals surface area contributed by atoms with Gasteiger partial charge in [-0.1, -0.05) is 6.07 Å². The Hall–Kier alpha value is -2.43. The molecule has 0 unspecified atom stereocenters. The first-order valence-corrected chi connectivity index (χ1v) is 12.8. The normalized spacial score (nSPS) is 14.3. The van der Waals surface area contributed by atoms with Crippen LogP contribution in [0.2, 0.25) is 0 Å². The minimum atomic E-state index is -3.67. The first-order valence-electron chi connectivity index (χ1n) is 9.62. The smallest absolute Gasteiger partial charge is 0.255 e. The molecule has 0 atom stereocenters. The number of rotatable bonds is 9. The van der Waals surface area contributed by atoms with E-state index in [2.05, 4.69) is 14.8 Å². The van der Waals surface area contributed by atoms with Crippen molar-refractivity contribution in [3.8, 4) is 0 Å². The van der Waals surface area contributed by atoms with Crippen molar-refractivity contribution in [3.63, 3.8) is 0 Å². The van der Waals surface area contributed by atoms with E-state index >= 15 is 0 Å². The van der Waals surface area contributed by atoms with Gasteiger partial charge in [-0.2, -0.15) is 0 Å². The van der Waals surface area contributed by atoms with Gasteiger partial charge < -0.3 is 5.32 Å². The molecule has 2 aromatic rings. The third-order valence-electron chi connectivity index (χ3n) is 4.80. The molecular weight excluding hydrogens is 426 g/mol. The molecule has 3 N–H and O–H groups in total. The number of carbonyl (C=O) groups excluding carboxylic acids is 1. The number of nitrogens with one attached hydrogen (secondary N) is 3. The molecule has 3 rings (SSSR count). The van der Waals surface area contributed by atoms with E-state index in [0.29, 0.717) is 29.4 Å². The van der Waals surface area contributed by atoms with Crippen LogP contribution in [0.3, 0.4) is 0 Å². The second kappa shape index (κ2) is 8.75. The van der Waals surface area contributed by atoms with Crippen molar-refractivity contribution in [1.29, 1.82) is 0 Å². The first-order chi connectivity index (χ1) is 14.1. The van der Waals surface area contributed by atoms with E-state index < -0.39 is 26.0 Å². The van der Waals surface area contributed by atoms with Gasteiger partial charge in [0.15, 0.2) is 0 Å². The minimum absolute atomic E-state index is 0.0382. The van der Waals surface area contributed by atoms with Crippen molar-refractivity contribution in [3.05, 3.63) is 53.6 Å². The second-order valence-electron chi connectivity index (χ2n) is 7.31. The Bertz CT molecular complexity index is 1160. The summed E-state index contributed by atoms with van der Waals surface area (Å²) in [5.74, 6) is -0.102. The van der Waals surface area contributed by atoms with Crippen LogP contribution in [-0.4, -0.2) is 35.0 Å². The van der Waals surface area contributed by atoms with Gasteiger partial charge in [0.2, 0.25) is 20.0 Å². The maximum atomic E-state index is 12.6. The van der Waals surface area contributed by atoms with Gasteiger partial charge in [0.05, 0.1) is 16.3 Å². The summed E-state index contributed by atoms with van der Waals surface area (Å²) < 4.78 is 53.4. The van der Waals surface area contributed by atoms with E-state index in [4.69, 9.17) is 0 Å². The summed E-state index contributed by atoms with van der Waals surface area (Å²) in [5, 5.41) is 2.71. The fourth-order valence-corrected chi connectivity index (χ4v) is 4.61. The van der Waals surface area contributed by atoms with Crippen molar-refractivity contribution < 1.29 is 21.6 Å².